The highest BCUT2D eigenvalue weighted by molar-refractivity contribution is 7.13. The molecule has 2 fully saturated rings. The number of rotatable bonds is 24. The molecular formula is C58H75ClN6O10S. The standard InChI is InChI=1S/C58H75ClN6O10S/c1-35(2)74-55(70)73-34-72-45-29-48(51(68)63-36(3)38-15-17-39(18-16-38)49-37(4)62-33-76-49)65(31-45)52(69)46(56(5,6)7)27-43(66)32-71-26-14-12-13-25-61-42-22-19-40(20-23-42)50(67)64-53-57(8,9)54(58(53,10)11)75-44-24-21-41(30-60)47(59)28-44/h15-24,28,33,35-36,45-46,48,53-54,61H,12-14,25-27,29,31-32,34H2,1-11H3,(H,63,68)(H,64,67)/t36?,45-,46-,48+,53?,54?/m1/s1. The van der Waals surface area contributed by atoms with E-state index < -0.39 is 36.4 Å². The summed E-state index contributed by atoms with van der Waals surface area (Å²) in [4.78, 5) is 74.6. The van der Waals surface area contributed by atoms with Crippen LogP contribution in [0.1, 0.15) is 135 Å². The minimum atomic E-state index is -0.906. The van der Waals surface area contributed by atoms with Gasteiger partial charge in [0.05, 0.1) is 44.9 Å². The number of carbonyl (C=O) groups is 5. The van der Waals surface area contributed by atoms with E-state index in [9.17, 15) is 29.2 Å². The molecule has 0 spiro atoms. The van der Waals surface area contributed by atoms with Crippen molar-refractivity contribution in [2.45, 2.75) is 145 Å². The Balaban J connectivity index is 0.938. The molecule has 1 aliphatic heterocycles. The number of carbonyl (C=O) groups excluding carboxylic acids is 5. The second-order valence-corrected chi connectivity index (χ2v) is 23.7. The van der Waals surface area contributed by atoms with Gasteiger partial charge >= 0.3 is 6.16 Å². The number of thiazole rings is 1. The van der Waals surface area contributed by atoms with Crippen LogP contribution in [0.2, 0.25) is 5.02 Å². The Kier molecular flexibility index (Phi) is 20.1. The summed E-state index contributed by atoms with van der Waals surface area (Å²) in [6, 6.07) is 21.0. The number of aromatic nitrogens is 1. The average molecular weight is 1080 g/mol. The van der Waals surface area contributed by atoms with Crippen LogP contribution in [0.15, 0.2) is 72.2 Å². The number of anilines is 1. The number of ether oxygens (including phenoxy) is 5. The van der Waals surface area contributed by atoms with Crippen LogP contribution in [0.4, 0.5) is 10.5 Å². The largest absolute Gasteiger partial charge is 0.510 e. The first-order valence-electron chi connectivity index (χ1n) is 26.1. The monoisotopic (exact) mass is 1080 g/mol. The van der Waals surface area contributed by atoms with E-state index in [1.54, 1.807) is 55.5 Å². The molecule has 3 N–H and O–H groups in total. The summed E-state index contributed by atoms with van der Waals surface area (Å²) in [5.41, 5.74) is 5.09. The summed E-state index contributed by atoms with van der Waals surface area (Å²) in [7, 11) is 0. The molecule has 3 aromatic carbocycles. The molecule has 6 rings (SSSR count). The van der Waals surface area contributed by atoms with Crippen molar-refractivity contribution in [3.8, 4) is 22.3 Å². The molecule has 0 radical (unpaired) electrons. The fraction of sp³-hybridized carbons (Fsp3) is 0.534. The lowest BCUT2D eigenvalue weighted by Gasteiger charge is -2.63. The molecule has 410 valence electrons. The highest BCUT2D eigenvalue weighted by Gasteiger charge is 2.64. The number of hydrogen-bond donors (Lipinski definition) is 3. The van der Waals surface area contributed by atoms with Gasteiger partial charge in [0.1, 0.15) is 30.6 Å². The van der Waals surface area contributed by atoms with Crippen molar-refractivity contribution in [1.82, 2.24) is 20.5 Å². The van der Waals surface area contributed by atoms with Crippen LogP contribution in [-0.2, 0) is 33.3 Å². The van der Waals surface area contributed by atoms with Crippen molar-refractivity contribution in [2.75, 3.05) is 38.4 Å². The number of unbranched alkanes of at least 4 members (excludes halogenated alkanes) is 2. The van der Waals surface area contributed by atoms with Crippen molar-refractivity contribution in [2.24, 2.45) is 22.2 Å². The van der Waals surface area contributed by atoms with Crippen molar-refractivity contribution < 1.29 is 47.7 Å². The predicted octanol–water partition coefficient (Wildman–Crippen LogP) is 10.9. The highest BCUT2D eigenvalue weighted by atomic mass is 35.5. The van der Waals surface area contributed by atoms with Gasteiger partial charge < -0.3 is 44.5 Å². The fourth-order valence-corrected chi connectivity index (χ4v) is 11.5. The average Bonchev–Trinajstić information content (AvgIpc) is 4.00. The quantitative estimate of drug-likeness (QED) is 0.0339. The maximum Gasteiger partial charge on any atom is 0.510 e. The van der Waals surface area contributed by atoms with Crippen LogP contribution in [0.5, 0.6) is 5.75 Å². The lowest BCUT2D eigenvalue weighted by molar-refractivity contribution is -0.164. The SMILES string of the molecule is Cc1ncsc1-c1ccc(C(C)NC(=O)[C@@H]2C[C@@H](OCOC(=O)OC(C)C)CN2C(=O)[C@@H](CC(=O)COCCCCCNc2ccc(C(=O)NC3C(C)(C)C(Oc4ccc(C#N)c(Cl)c4)C3(C)C)cc2)C(C)(C)C)cc1. The van der Waals surface area contributed by atoms with Crippen molar-refractivity contribution in [3.63, 3.8) is 0 Å². The normalized spacial score (nSPS) is 19.4. The van der Waals surface area contributed by atoms with Gasteiger partial charge in [-0.25, -0.2) is 9.78 Å². The Morgan fingerprint density at radius 1 is 0.947 bits per heavy atom. The van der Waals surface area contributed by atoms with Crippen LogP contribution < -0.4 is 20.7 Å². The van der Waals surface area contributed by atoms with Crippen molar-refractivity contribution >= 4 is 58.3 Å². The molecule has 1 saturated heterocycles. The third-order valence-corrected chi connectivity index (χ3v) is 15.6. The van der Waals surface area contributed by atoms with E-state index in [0.29, 0.717) is 35.1 Å². The first-order chi connectivity index (χ1) is 35.9. The Hall–Kier alpha value is -6.06. The minimum Gasteiger partial charge on any atom is -0.489 e. The molecular weight excluding hydrogens is 1010 g/mol. The molecule has 2 aliphatic rings. The molecule has 76 heavy (non-hydrogen) atoms. The van der Waals surface area contributed by atoms with Gasteiger partial charge in [-0.1, -0.05) is 84.3 Å². The lowest BCUT2D eigenvalue weighted by atomic mass is 9.49. The number of ketones is 1. The molecule has 16 nitrogen and oxygen atoms in total. The number of Topliss-reactive ketones (excluding diaryl/α,β-unsaturated/α-hetero) is 1. The minimum absolute atomic E-state index is 0.0569. The van der Waals surface area contributed by atoms with Crippen LogP contribution >= 0.6 is 22.9 Å². The summed E-state index contributed by atoms with van der Waals surface area (Å²) >= 11 is 7.82. The highest BCUT2D eigenvalue weighted by Crippen LogP contribution is 2.55. The Labute approximate surface area is 456 Å². The van der Waals surface area contributed by atoms with Gasteiger partial charge in [0, 0.05) is 72.6 Å². The number of nitriles is 1. The van der Waals surface area contributed by atoms with E-state index in [1.807, 2.05) is 76.5 Å². The molecule has 4 aromatic rings. The van der Waals surface area contributed by atoms with Gasteiger partial charge in [0.2, 0.25) is 11.8 Å². The van der Waals surface area contributed by atoms with Gasteiger partial charge in [-0.2, -0.15) is 5.26 Å². The second-order valence-electron chi connectivity index (χ2n) is 22.4. The number of nitrogens with zero attached hydrogens (tertiary/aromatic N) is 3. The van der Waals surface area contributed by atoms with Gasteiger partial charge in [-0.3, -0.25) is 19.2 Å². The smallest absolute Gasteiger partial charge is 0.489 e. The van der Waals surface area contributed by atoms with E-state index in [2.05, 4.69) is 54.7 Å². The predicted molar refractivity (Wildman–Crippen MR) is 293 cm³/mol. The zero-order valence-corrected chi connectivity index (χ0v) is 47.3. The fourth-order valence-electron chi connectivity index (χ4n) is 10.4. The van der Waals surface area contributed by atoms with Gasteiger partial charge in [0.15, 0.2) is 12.6 Å². The van der Waals surface area contributed by atoms with E-state index in [4.69, 9.17) is 35.3 Å². The summed E-state index contributed by atoms with van der Waals surface area (Å²) in [6.07, 6.45) is 0.414. The van der Waals surface area contributed by atoms with E-state index in [0.717, 1.165) is 46.6 Å². The van der Waals surface area contributed by atoms with Crippen LogP contribution in [-0.4, -0.2) is 103 Å². The molecule has 3 amide bonds. The first kappa shape index (κ1) is 59.2. The Bertz CT molecular complexity index is 2680. The number of aryl methyl sites for hydroxylation is 1. The number of likely N-dealkylation sites (tertiary alicyclic amines) is 1. The third kappa shape index (κ3) is 15.1. The van der Waals surface area contributed by atoms with E-state index in [1.165, 1.54) is 4.90 Å². The Morgan fingerprint density at radius 3 is 2.26 bits per heavy atom. The molecule has 0 bridgehead atoms. The summed E-state index contributed by atoms with van der Waals surface area (Å²) in [5, 5.41) is 19.3. The molecule has 1 aromatic heterocycles. The second kappa shape index (κ2) is 25.9. The lowest BCUT2D eigenvalue weighted by Crippen LogP contribution is -2.74. The van der Waals surface area contributed by atoms with Gasteiger partial charge in [-0.15, -0.1) is 11.3 Å². The molecule has 4 atom stereocenters. The number of hydrogen-bond acceptors (Lipinski definition) is 14. The summed E-state index contributed by atoms with van der Waals surface area (Å²) in [5.74, 6) is -1.28. The van der Waals surface area contributed by atoms with Crippen molar-refractivity contribution in [1.29, 1.82) is 5.26 Å². The van der Waals surface area contributed by atoms with E-state index in [-0.39, 0.29) is 84.6 Å². The van der Waals surface area contributed by atoms with E-state index >= 15 is 0 Å². The van der Waals surface area contributed by atoms with Crippen LogP contribution in [0.3, 0.4) is 0 Å². The molecule has 1 saturated carbocycles. The zero-order chi connectivity index (χ0) is 55.5. The maximum atomic E-state index is 14.6. The third-order valence-electron chi connectivity index (χ3n) is 14.3. The molecule has 1 unspecified atom stereocenters. The van der Waals surface area contributed by atoms with Crippen molar-refractivity contribution in [3.05, 3.63) is 99.6 Å². The molecule has 18 heteroatoms. The molecule has 1 aliphatic carbocycles. The first-order valence-corrected chi connectivity index (χ1v) is 27.3. The number of benzene rings is 3. The number of halogens is 1. The topological polar surface area (TPSA) is 208 Å². The Morgan fingerprint density at radius 2 is 1.64 bits per heavy atom. The van der Waals surface area contributed by atoms with Gasteiger partial charge in [-0.05, 0) is 99.9 Å². The molecule has 2 heterocycles. The summed E-state index contributed by atoms with van der Waals surface area (Å²) in [6.45, 7) is 21.8. The summed E-state index contributed by atoms with van der Waals surface area (Å²) < 4.78 is 28.2. The van der Waals surface area contributed by atoms with Gasteiger partial charge in [0.25, 0.3) is 5.91 Å². The van der Waals surface area contributed by atoms with Crippen LogP contribution in [0, 0.1) is 40.4 Å². The number of amides is 3. The van der Waals surface area contributed by atoms with Crippen LogP contribution in [0.25, 0.3) is 10.4 Å². The zero-order valence-electron chi connectivity index (χ0n) is 45.8. The maximum absolute atomic E-state index is 14.6. The number of nitrogens with one attached hydrogen (secondary N) is 3.